The SMILES string of the molecule is CCOc1c(Cl)cccc1CC(=O)NC(CCOC(C)(C)C)C(=O)O. The van der Waals surface area contributed by atoms with Crippen LogP contribution in [0.2, 0.25) is 5.02 Å². The Balaban J connectivity index is 2.70. The van der Waals surface area contributed by atoms with Crippen LogP contribution in [0.3, 0.4) is 0 Å². The third-order valence-corrected chi connectivity index (χ3v) is 3.56. The van der Waals surface area contributed by atoms with Crippen molar-refractivity contribution in [2.45, 2.75) is 52.2 Å². The van der Waals surface area contributed by atoms with Crippen LogP contribution in [0.25, 0.3) is 0 Å². The summed E-state index contributed by atoms with van der Waals surface area (Å²) in [5.74, 6) is -1.06. The summed E-state index contributed by atoms with van der Waals surface area (Å²) >= 11 is 6.09. The summed E-state index contributed by atoms with van der Waals surface area (Å²) in [5.41, 5.74) is 0.252. The van der Waals surface area contributed by atoms with Crippen LogP contribution in [0.15, 0.2) is 18.2 Å². The zero-order valence-corrected chi connectivity index (χ0v) is 15.9. The summed E-state index contributed by atoms with van der Waals surface area (Å²) in [7, 11) is 0. The van der Waals surface area contributed by atoms with Crippen LogP contribution in [0, 0.1) is 0 Å². The first-order chi connectivity index (χ1) is 11.6. The number of carboxylic acids is 1. The lowest BCUT2D eigenvalue weighted by atomic mass is 10.1. The van der Waals surface area contributed by atoms with Gasteiger partial charge in [-0.25, -0.2) is 4.79 Å². The molecule has 0 heterocycles. The molecule has 0 radical (unpaired) electrons. The molecule has 0 bridgehead atoms. The number of hydrogen-bond acceptors (Lipinski definition) is 4. The van der Waals surface area contributed by atoms with Crippen molar-refractivity contribution in [2.75, 3.05) is 13.2 Å². The molecule has 1 amide bonds. The second kappa shape index (κ2) is 9.63. The highest BCUT2D eigenvalue weighted by molar-refractivity contribution is 6.32. The molecule has 0 saturated carbocycles. The zero-order valence-electron chi connectivity index (χ0n) is 15.1. The lowest BCUT2D eigenvalue weighted by Gasteiger charge is -2.21. The van der Waals surface area contributed by atoms with E-state index in [0.717, 1.165) is 0 Å². The maximum Gasteiger partial charge on any atom is 0.326 e. The van der Waals surface area contributed by atoms with Crippen molar-refractivity contribution in [2.24, 2.45) is 0 Å². The number of carbonyl (C=O) groups excluding carboxylic acids is 1. The first-order valence-electron chi connectivity index (χ1n) is 8.20. The van der Waals surface area contributed by atoms with Crippen LogP contribution in [0.1, 0.15) is 39.7 Å². The normalized spacial score (nSPS) is 12.5. The third-order valence-electron chi connectivity index (χ3n) is 3.26. The van der Waals surface area contributed by atoms with Crippen molar-refractivity contribution in [3.63, 3.8) is 0 Å². The van der Waals surface area contributed by atoms with Crippen LogP contribution in [0.4, 0.5) is 0 Å². The Morgan fingerprint density at radius 2 is 2.00 bits per heavy atom. The molecule has 1 atom stereocenters. The largest absolute Gasteiger partial charge is 0.492 e. The predicted octanol–water partition coefficient (Wildman–Crippen LogP) is 3.06. The summed E-state index contributed by atoms with van der Waals surface area (Å²) in [6.45, 7) is 8.13. The van der Waals surface area contributed by atoms with E-state index in [1.54, 1.807) is 18.2 Å². The molecule has 140 valence electrons. The van der Waals surface area contributed by atoms with Gasteiger partial charge in [-0.05, 0) is 33.8 Å². The number of carboxylic acid groups (broad SMARTS) is 1. The molecule has 0 saturated heterocycles. The molecule has 1 aromatic carbocycles. The average molecular weight is 372 g/mol. The standard InChI is InChI=1S/C18H26ClNO5/c1-5-24-16-12(7-6-8-13(16)19)11-15(21)20-14(17(22)23)9-10-25-18(2,3)4/h6-8,14H,5,9-11H2,1-4H3,(H,20,21)(H,22,23). The summed E-state index contributed by atoms with van der Waals surface area (Å²) in [5, 5.41) is 12.2. The van der Waals surface area contributed by atoms with E-state index in [2.05, 4.69) is 5.32 Å². The molecule has 6 nitrogen and oxygen atoms in total. The first kappa shape index (κ1) is 21.3. The molecule has 0 fully saturated rings. The number of halogens is 1. The van der Waals surface area contributed by atoms with Gasteiger partial charge in [0, 0.05) is 18.6 Å². The Morgan fingerprint density at radius 3 is 2.56 bits per heavy atom. The van der Waals surface area contributed by atoms with Crippen molar-refractivity contribution in [1.82, 2.24) is 5.32 Å². The van der Waals surface area contributed by atoms with Crippen LogP contribution >= 0.6 is 11.6 Å². The van der Waals surface area contributed by atoms with Gasteiger partial charge in [-0.1, -0.05) is 23.7 Å². The molecule has 0 aliphatic heterocycles. The lowest BCUT2D eigenvalue weighted by Crippen LogP contribution is -2.42. The van der Waals surface area contributed by atoms with Crippen molar-refractivity contribution >= 4 is 23.5 Å². The van der Waals surface area contributed by atoms with Crippen molar-refractivity contribution < 1.29 is 24.2 Å². The number of aliphatic carboxylic acids is 1. The van der Waals surface area contributed by atoms with Gasteiger partial charge in [0.2, 0.25) is 5.91 Å². The number of rotatable bonds is 9. The summed E-state index contributed by atoms with van der Waals surface area (Å²) in [6, 6.07) is 4.12. The molecule has 1 unspecified atom stereocenters. The van der Waals surface area contributed by atoms with Gasteiger partial charge in [-0.2, -0.15) is 0 Å². The minimum Gasteiger partial charge on any atom is -0.492 e. The number of amides is 1. The van der Waals surface area contributed by atoms with E-state index in [1.165, 1.54) is 0 Å². The number of ether oxygens (including phenoxy) is 2. The highest BCUT2D eigenvalue weighted by atomic mass is 35.5. The Labute approximate surface area is 153 Å². The van der Waals surface area contributed by atoms with E-state index in [4.69, 9.17) is 21.1 Å². The average Bonchev–Trinajstić information content (AvgIpc) is 2.48. The van der Waals surface area contributed by atoms with Gasteiger partial charge in [0.25, 0.3) is 0 Å². The van der Waals surface area contributed by atoms with Gasteiger partial charge in [-0.15, -0.1) is 0 Å². The topological polar surface area (TPSA) is 84.9 Å². The van der Waals surface area contributed by atoms with E-state index in [1.807, 2.05) is 27.7 Å². The number of benzene rings is 1. The van der Waals surface area contributed by atoms with E-state index in [-0.39, 0.29) is 25.0 Å². The predicted molar refractivity (Wildman–Crippen MR) is 96.2 cm³/mol. The monoisotopic (exact) mass is 371 g/mol. The molecule has 0 aliphatic carbocycles. The fraction of sp³-hybridized carbons (Fsp3) is 0.556. The molecule has 1 aromatic rings. The number of nitrogens with one attached hydrogen (secondary N) is 1. The number of hydrogen-bond donors (Lipinski definition) is 2. The second-order valence-corrected chi connectivity index (χ2v) is 6.95. The Morgan fingerprint density at radius 1 is 1.32 bits per heavy atom. The highest BCUT2D eigenvalue weighted by Crippen LogP contribution is 2.29. The van der Waals surface area contributed by atoms with Crippen molar-refractivity contribution in [3.8, 4) is 5.75 Å². The first-order valence-corrected chi connectivity index (χ1v) is 8.58. The third kappa shape index (κ3) is 7.75. The molecule has 0 spiro atoms. The summed E-state index contributed by atoms with van der Waals surface area (Å²) < 4.78 is 11.0. The smallest absolute Gasteiger partial charge is 0.326 e. The molecule has 2 N–H and O–H groups in total. The van der Waals surface area contributed by atoms with E-state index >= 15 is 0 Å². The van der Waals surface area contributed by atoms with E-state index < -0.39 is 17.9 Å². The lowest BCUT2D eigenvalue weighted by molar-refractivity contribution is -0.142. The maximum absolute atomic E-state index is 12.2. The summed E-state index contributed by atoms with van der Waals surface area (Å²) in [6.07, 6.45) is 0.173. The summed E-state index contributed by atoms with van der Waals surface area (Å²) in [4.78, 5) is 23.6. The zero-order chi connectivity index (χ0) is 19.0. The van der Waals surface area contributed by atoms with Gasteiger partial charge in [-0.3, -0.25) is 4.79 Å². The fourth-order valence-corrected chi connectivity index (χ4v) is 2.41. The van der Waals surface area contributed by atoms with E-state index in [9.17, 15) is 14.7 Å². The quantitative estimate of drug-likeness (QED) is 0.696. The van der Waals surface area contributed by atoms with Crippen LogP contribution in [-0.2, 0) is 20.7 Å². The molecule has 7 heteroatoms. The number of para-hydroxylation sites is 1. The molecule has 25 heavy (non-hydrogen) atoms. The van der Waals surface area contributed by atoms with Crippen LogP contribution in [0.5, 0.6) is 5.75 Å². The van der Waals surface area contributed by atoms with Gasteiger partial charge in [0.05, 0.1) is 23.7 Å². The highest BCUT2D eigenvalue weighted by Gasteiger charge is 2.22. The van der Waals surface area contributed by atoms with E-state index in [0.29, 0.717) is 22.9 Å². The van der Waals surface area contributed by atoms with Gasteiger partial charge in [0.15, 0.2) is 0 Å². The minimum atomic E-state index is -1.10. The fourth-order valence-electron chi connectivity index (χ4n) is 2.16. The second-order valence-electron chi connectivity index (χ2n) is 6.55. The van der Waals surface area contributed by atoms with Gasteiger partial charge >= 0.3 is 5.97 Å². The molecule has 1 rings (SSSR count). The Hall–Kier alpha value is -1.79. The minimum absolute atomic E-state index is 0.0141. The van der Waals surface area contributed by atoms with Crippen molar-refractivity contribution in [1.29, 1.82) is 0 Å². The molecule has 0 aliphatic rings. The Kier molecular flexibility index (Phi) is 8.19. The molecular weight excluding hydrogens is 346 g/mol. The molecule has 0 aromatic heterocycles. The van der Waals surface area contributed by atoms with Gasteiger partial charge < -0.3 is 19.9 Å². The number of carbonyl (C=O) groups is 2. The van der Waals surface area contributed by atoms with Crippen LogP contribution in [-0.4, -0.2) is 41.8 Å². The van der Waals surface area contributed by atoms with Gasteiger partial charge in [0.1, 0.15) is 11.8 Å². The maximum atomic E-state index is 12.2. The van der Waals surface area contributed by atoms with Crippen molar-refractivity contribution in [3.05, 3.63) is 28.8 Å². The Bertz CT molecular complexity index is 598. The van der Waals surface area contributed by atoms with Crippen LogP contribution < -0.4 is 10.1 Å². The molecular formula is C18H26ClNO5.